The van der Waals surface area contributed by atoms with Gasteiger partial charge in [-0.15, -0.1) is 0 Å². The summed E-state index contributed by atoms with van der Waals surface area (Å²) in [5.41, 5.74) is 13.5. The van der Waals surface area contributed by atoms with Gasteiger partial charge in [-0.25, -0.2) is 0 Å². The highest BCUT2D eigenvalue weighted by atomic mass is 16.3. The number of rotatable bonds is 15. The Bertz CT molecular complexity index is 707. The van der Waals surface area contributed by atoms with Crippen LogP contribution >= 0.6 is 0 Å². The van der Waals surface area contributed by atoms with Crippen molar-refractivity contribution in [1.29, 1.82) is 0 Å². The minimum absolute atomic E-state index is 0.338. The summed E-state index contributed by atoms with van der Waals surface area (Å²) in [5, 5.41) is 21.0. The smallest absolute Gasteiger partial charge is 0.0459 e. The molecule has 0 spiro atoms. The number of aliphatic hydroxyl groups excluding tert-OH is 1. The highest BCUT2D eigenvalue weighted by molar-refractivity contribution is 5.12. The quantitative estimate of drug-likeness (QED) is 0.178. The zero-order valence-corrected chi connectivity index (χ0v) is 25.2. The minimum atomic E-state index is 0.338. The van der Waals surface area contributed by atoms with Crippen LogP contribution in [-0.4, -0.2) is 63.1 Å². The lowest BCUT2D eigenvalue weighted by Crippen LogP contribution is -2.61. The Kier molecular flexibility index (Phi) is 11.4. The maximum atomic E-state index is 9.93. The summed E-state index contributed by atoms with van der Waals surface area (Å²) in [7, 11) is 0. The van der Waals surface area contributed by atoms with Gasteiger partial charge < -0.3 is 32.5 Å². The van der Waals surface area contributed by atoms with Crippen LogP contribution < -0.4 is 27.4 Å². The molecule has 0 aliphatic heterocycles. The van der Waals surface area contributed by atoms with Crippen LogP contribution in [0.25, 0.3) is 0 Å². The molecule has 6 nitrogen and oxygen atoms in total. The second kappa shape index (κ2) is 14.1. The third-order valence-electron chi connectivity index (χ3n) is 12.3. The van der Waals surface area contributed by atoms with Gasteiger partial charge in [0.25, 0.3) is 0 Å². The summed E-state index contributed by atoms with van der Waals surface area (Å²) in [5.74, 6) is 4.15. The number of nitrogens with one attached hydrogen (secondary N) is 3. The van der Waals surface area contributed by atoms with E-state index in [1.165, 1.54) is 70.6 Å². The third-order valence-corrected chi connectivity index (χ3v) is 12.3. The first-order valence-corrected chi connectivity index (χ1v) is 16.6. The molecular weight excluding hydrogens is 470 g/mol. The van der Waals surface area contributed by atoms with Crippen LogP contribution in [0.4, 0.5) is 0 Å². The van der Waals surface area contributed by atoms with Crippen molar-refractivity contribution in [3.63, 3.8) is 0 Å². The molecule has 38 heavy (non-hydrogen) atoms. The molecule has 4 aliphatic rings. The average Bonchev–Trinajstić information content (AvgIpc) is 3.26. The highest BCUT2D eigenvalue weighted by Crippen LogP contribution is 2.67. The van der Waals surface area contributed by atoms with Crippen molar-refractivity contribution in [3.05, 3.63) is 0 Å². The minimum Gasteiger partial charge on any atom is -0.396 e. The number of hydrogen-bond acceptors (Lipinski definition) is 6. The van der Waals surface area contributed by atoms with E-state index in [9.17, 15) is 5.11 Å². The Morgan fingerprint density at radius 2 is 1.47 bits per heavy atom. The number of hydrogen-bond donors (Lipinski definition) is 6. The lowest BCUT2D eigenvalue weighted by atomic mass is 9.43. The summed E-state index contributed by atoms with van der Waals surface area (Å²) < 4.78 is 0. The normalized spacial score (nSPS) is 41.4. The highest BCUT2D eigenvalue weighted by Gasteiger charge is 2.62. The summed E-state index contributed by atoms with van der Waals surface area (Å²) in [6, 6.07) is 1.04. The van der Waals surface area contributed by atoms with Crippen molar-refractivity contribution in [3.8, 4) is 0 Å². The molecule has 10 atom stereocenters. The topological polar surface area (TPSA) is 108 Å². The van der Waals surface area contributed by atoms with E-state index in [0.29, 0.717) is 47.3 Å². The van der Waals surface area contributed by atoms with E-state index < -0.39 is 0 Å². The van der Waals surface area contributed by atoms with Crippen molar-refractivity contribution in [2.24, 2.45) is 57.8 Å². The third kappa shape index (κ3) is 6.62. The summed E-state index contributed by atoms with van der Waals surface area (Å²) in [4.78, 5) is 0. The molecule has 4 unspecified atom stereocenters. The fraction of sp³-hybridized carbons (Fsp3) is 1.00. The zero-order chi connectivity index (χ0) is 27.2. The molecule has 4 fully saturated rings. The second-order valence-electron chi connectivity index (χ2n) is 14.4. The standard InChI is InChI=1S/C32H63N5O/c1-23(22-38)26-8-9-27-30-28(11-13-32(26,27)3)31(2)12-10-25(20-24(31)21-29(30)34)37-19-7-18-36-16-5-4-15-35-17-6-14-33/h23-30,35-38H,4-22,33-34H2,1-3H3/t23-,24-,25-,26?,27?,28?,29-,30?,31+,32-/m1/s1. The van der Waals surface area contributed by atoms with Gasteiger partial charge >= 0.3 is 0 Å². The molecule has 0 aromatic rings. The Morgan fingerprint density at radius 3 is 2.18 bits per heavy atom. The Hall–Kier alpha value is -0.240. The SMILES string of the molecule is C[C@H](CO)C1CCC2C3C(CC[C@@]21C)[C@@]1(C)CC[C@@H](NCCCNCCCCNCCCN)C[C@@H]1C[C@H]3N. The zero-order valence-electron chi connectivity index (χ0n) is 25.2. The van der Waals surface area contributed by atoms with Crippen molar-refractivity contribution in [2.75, 3.05) is 45.9 Å². The van der Waals surface area contributed by atoms with Gasteiger partial charge in [-0.05, 0) is 163 Å². The summed E-state index contributed by atoms with van der Waals surface area (Å²) in [6.07, 6.45) is 15.4. The van der Waals surface area contributed by atoms with Crippen molar-refractivity contribution >= 4 is 0 Å². The molecule has 0 aromatic heterocycles. The van der Waals surface area contributed by atoms with Gasteiger partial charge in [0.2, 0.25) is 0 Å². The van der Waals surface area contributed by atoms with E-state index >= 15 is 0 Å². The van der Waals surface area contributed by atoms with E-state index in [1.54, 1.807) is 0 Å². The maximum Gasteiger partial charge on any atom is 0.0459 e. The van der Waals surface area contributed by atoms with Gasteiger partial charge in [-0.2, -0.15) is 0 Å². The van der Waals surface area contributed by atoms with Gasteiger partial charge in [0.15, 0.2) is 0 Å². The van der Waals surface area contributed by atoms with Gasteiger partial charge in [0, 0.05) is 18.7 Å². The van der Waals surface area contributed by atoms with E-state index in [1.807, 2.05) is 0 Å². The number of nitrogens with two attached hydrogens (primary N) is 2. The lowest BCUT2D eigenvalue weighted by molar-refractivity contribution is -0.127. The number of unbranched alkanes of at least 4 members (excludes halogenated alkanes) is 1. The molecule has 4 rings (SSSR count). The molecule has 0 heterocycles. The Balaban J connectivity index is 1.18. The van der Waals surface area contributed by atoms with Crippen LogP contribution in [0.15, 0.2) is 0 Å². The molecule has 0 saturated heterocycles. The van der Waals surface area contributed by atoms with Gasteiger partial charge in [-0.1, -0.05) is 20.8 Å². The molecule has 4 aliphatic carbocycles. The van der Waals surface area contributed by atoms with Crippen LogP contribution in [0.1, 0.15) is 97.8 Å². The molecule has 4 saturated carbocycles. The summed E-state index contributed by atoms with van der Waals surface area (Å²) >= 11 is 0. The first-order chi connectivity index (χ1) is 18.3. The van der Waals surface area contributed by atoms with Gasteiger partial charge in [0.05, 0.1) is 0 Å². The predicted octanol–water partition coefficient (Wildman–Crippen LogP) is 3.87. The summed E-state index contributed by atoms with van der Waals surface area (Å²) in [6.45, 7) is 14.2. The monoisotopic (exact) mass is 534 g/mol. The molecule has 6 heteroatoms. The van der Waals surface area contributed by atoms with Crippen molar-refractivity contribution < 1.29 is 5.11 Å². The fourth-order valence-corrected chi connectivity index (χ4v) is 10.1. The molecule has 0 amide bonds. The predicted molar refractivity (Wildman–Crippen MR) is 160 cm³/mol. The Labute approximate surface area is 234 Å². The van der Waals surface area contributed by atoms with E-state index in [2.05, 4.69) is 36.7 Å². The number of fused-ring (bicyclic) bond motifs is 5. The van der Waals surface area contributed by atoms with Gasteiger partial charge in [0.1, 0.15) is 0 Å². The largest absolute Gasteiger partial charge is 0.396 e. The van der Waals surface area contributed by atoms with Crippen LogP contribution in [-0.2, 0) is 0 Å². The molecule has 8 N–H and O–H groups in total. The molecule has 222 valence electrons. The lowest BCUT2D eigenvalue weighted by Gasteiger charge is -2.63. The maximum absolute atomic E-state index is 9.93. The van der Waals surface area contributed by atoms with Gasteiger partial charge in [-0.3, -0.25) is 0 Å². The van der Waals surface area contributed by atoms with E-state index in [-0.39, 0.29) is 0 Å². The van der Waals surface area contributed by atoms with E-state index in [0.717, 1.165) is 63.4 Å². The average molecular weight is 534 g/mol. The van der Waals surface area contributed by atoms with Crippen molar-refractivity contribution in [2.45, 2.75) is 110 Å². The van der Waals surface area contributed by atoms with Crippen LogP contribution in [0.2, 0.25) is 0 Å². The Morgan fingerprint density at radius 1 is 0.816 bits per heavy atom. The van der Waals surface area contributed by atoms with Crippen LogP contribution in [0.5, 0.6) is 0 Å². The van der Waals surface area contributed by atoms with Crippen molar-refractivity contribution in [1.82, 2.24) is 16.0 Å². The first-order valence-electron chi connectivity index (χ1n) is 16.6. The molecule has 0 aromatic carbocycles. The number of aliphatic hydroxyl groups is 1. The van der Waals surface area contributed by atoms with E-state index in [4.69, 9.17) is 11.5 Å². The second-order valence-corrected chi connectivity index (χ2v) is 14.4. The molecule has 0 radical (unpaired) electrons. The first kappa shape index (κ1) is 30.7. The molecular formula is C32H63N5O. The van der Waals surface area contributed by atoms with Crippen LogP contribution in [0, 0.1) is 46.3 Å². The molecule has 0 bridgehead atoms. The fourth-order valence-electron chi connectivity index (χ4n) is 10.1. The van der Waals surface area contributed by atoms with Crippen LogP contribution in [0.3, 0.4) is 0 Å².